The fourth-order valence-corrected chi connectivity index (χ4v) is 4.37. The van der Waals surface area contributed by atoms with Gasteiger partial charge >= 0.3 is 5.97 Å². The molecule has 0 fully saturated rings. The minimum absolute atomic E-state index is 0.0956. The van der Waals surface area contributed by atoms with Crippen LogP contribution in [0.5, 0.6) is 0 Å². The Hall–Kier alpha value is -3.13. The molecule has 0 aliphatic rings. The Morgan fingerprint density at radius 1 is 1.07 bits per heavy atom. The molecule has 30 heavy (non-hydrogen) atoms. The number of hydrogen-bond acceptors (Lipinski definition) is 5. The zero-order valence-electron chi connectivity index (χ0n) is 17.7. The first-order valence-corrected chi connectivity index (χ1v) is 10.8. The lowest BCUT2D eigenvalue weighted by atomic mass is 10.1. The zero-order chi connectivity index (χ0) is 22.1. The highest BCUT2D eigenvalue weighted by atomic mass is 32.2. The van der Waals surface area contributed by atoms with Gasteiger partial charge in [-0.05, 0) is 44.0 Å². The van der Waals surface area contributed by atoms with E-state index in [-0.39, 0.29) is 10.6 Å². The Kier molecular flexibility index (Phi) is 5.98. The summed E-state index contributed by atoms with van der Waals surface area (Å²) in [6.07, 6.45) is 1.42. The van der Waals surface area contributed by atoms with Crippen LogP contribution in [0.4, 0.5) is 5.69 Å². The van der Waals surface area contributed by atoms with Gasteiger partial charge in [0.25, 0.3) is 10.0 Å². The number of methoxy groups -OCH3 is 1. The molecule has 0 saturated carbocycles. The second kappa shape index (κ2) is 8.31. The standard InChI is InChI=1S/C22H25N3O4S/c1-15-7-10-19(11-8-15)24(4)30(27,28)21-20(22(26)29-5)14-25(23-21)13-18-12-16(2)6-9-17(18)3/h6-12,14H,13H2,1-5H3. The van der Waals surface area contributed by atoms with Crippen LogP contribution in [0.1, 0.15) is 32.6 Å². The van der Waals surface area contributed by atoms with Crippen molar-refractivity contribution in [3.63, 3.8) is 0 Å². The van der Waals surface area contributed by atoms with Gasteiger partial charge in [0.2, 0.25) is 5.03 Å². The highest BCUT2D eigenvalue weighted by Crippen LogP contribution is 2.25. The number of aryl methyl sites for hydroxylation is 3. The van der Waals surface area contributed by atoms with Crippen LogP contribution in [-0.2, 0) is 21.3 Å². The van der Waals surface area contributed by atoms with Gasteiger partial charge in [-0.2, -0.15) is 13.5 Å². The molecule has 0 aliphatic carbocycles. The van der Waals surface area contributed by atoms with Crippen molar-refractivity contribution in [2.45, 2.75) is 32.3 Å². The maximum absolute atomic E-state index is 13.3. The molecule has 0 amide bonds. The van der Waals surface area contributed by atoms with Crippen molar-refractivity contribution in [1.82, 2.24) is 9.78 Å². The lowest BCUT2D eigenvalue weighted by molar-refractivity contribution is 0.0596. The Morgan fingerprint density at radius 3 is 2.33 bits per heavy atom. The van der Waals surface area contributed by atoms with Gasteiger partial charge in [0.1, 0.15) is 5.56 Å². The Morgan fingerprint density at radius 2 is 1.70 bits per heavy atom. The van der Waals surface area contributed by atoms with Gasteiger partial charge in [-0.15, -0.1) is 0 Å². The third kappa shape index (κ3) is 4.23. The average Bonchev–Trinajstić information content (AvgIpc) is 3.15. The summed E-state index contributed by atoms with van der Waals surface area (Å²) in [5, 5.41) is 3.94. The van der Waals surface area contributed by atoms with Crippen LogP contribution in [0.15, 0.2) is 53.7 Å². The van der Waals surface area contributed by atoms with Crippen molar-refractivity contribution in [1.29, 1.82) is 0 Å². The van der Waals surface area contributed by atoms with Crippen LogP contribution in [0.3, 0.4) is 0 Å². The van der Waals surface area contributed by atoms with Gasteiger partial charge in [0.15, 0.2) is 0 Å². The normalized spacial score (nSPS) is 11.4. The van der Waals surface area contributed by atoms with Crippen LogP contribution in [0.25, 0.3) is 0 Å². The molecule has 3 aromatic rings. The quantitative estimate of drug-likeness (QED) is 0.563. The Balaban J connectivity index is 2.05. The fourth-order valence-electron chi connectivity index (χ4n) is 3.09. The number of carbonyl (C=O) groups is 1. The van der Waals surface area contributed by atoms with Crippen LogP contribution < -0.4 is 4.31 Å². The highest BCUT2D eigenvalue weighted by molar-refractivity contribution is 7.92. The van der Waals surface area contributed by atoms with E-state index in [0.29, 0.717) is 12.2 Å². The summed E-state index contributed by atoms with van der Waals surface area (Å²) >= 11 is 0. The number of ether oxygens (including phenoxy) is 1. The molecular weight excluding hydrogens is 402 g/mol. The summed E-state index contributed by atoms with van der Waals surface area (Å²) in [6.45, 7) is 6.21. The monoisotopic (exact) mass is 427 g/mol. The molecule has 0 unspecified atom stereocenters. The number of nitrogens with zero attached hydrogens (tertiary/aromatic N) is 3. The summed E-state index contributed by atoms with van der Waals surface area (Å²) in [7, 11) is -1.43. The SMILES string of the molecule is COC(=O)c1cn(Cc2cc(C)ccc2C)nc1S(=O)(=O)N(C)c1ccc(C)cc1. The lowest BCUT2D eigenvalue weighted by Crippen LogP contribution is -2.28. The summed E-state index contributed by atoms with van der Waals surface area (Å²) in [6, 6.07) is 13.1. The average molecular weight is 428 g/mol. The minimum Gasteiger partial charge on any atom is -0.465 e. The molecule has 0 spiro atoms. The van der Waals surface area contributed by atoms with E-state index in [1.165, 1.54) is 25.0 Å². The lowest BCUT2D eigenvalue weighted by Gasteiger charge is -2.18. The van der Waals surface area contributed by atoms with Crippen molar-refractivity contribution < 1.29 is 17.9 Å². The number of aromatic nitrogens is 2. The number of rotatable bonds is 6. The van der Waals surface area contributed by atoms with Gasteiger partial charge in [0, 0.05) is 13.2 Å². The molecule has 0 N–H and O–H groups in total. The highest BCUT2D eigenvalue weighted by Gasteiger charge is 2.31. The van der Waals surface area contributed by atoms with Crippen molar-refractivity contribution >= 4 is 21.7 Å². The summed E-state index contributed by atoms with van der Waals surface area (Å²) in [5.41, 5.74) is 4.52. The first-order chi connectivity index (χ1) is 14.1. The van der Waals surface area contributed by atoms with Gasteiger partial charge < -0.3 is 4.74 Å². The van der Waals surface area contributed by atoms with E-state index in [2.05, 4.69) is 5.10 Å². The number of carbonyl (C=O) groups excluding carboxylic acids is 1. The molecule has 3 rings (SSSR count). The number of sulfonamides is 1. The van der Waals surface area contributed by atoms with Crippen molar-refractivity contribution in [2.75, 3.05) is 18.5 Å². The molecule has 0 aliphatic heterocycles. The molecule has 2 aromatic carbocycles. The van der Waals surface area contributed by atoms with Gasteiger partial charge in [-0.1, -0.05) is 41.5 Å². The molecular formula is C22H25N3O4S. The first kappa shape index (κ1) is 21.6. The van der Waals surface area contributed by atoms with Crippen molar-refractivity contribution in [2.24, 2.45) is 0 Å². The van der Waals surface area contributed by atoms with E-state index in [4.69, 9.17) is 4.74 Å². The predicted molar refractivity (Wildman–Crippen MR) is 115 cm³/mol. The van der Waals surface area contributed by atoms with Crippen molar-refractivity contribution in [3.8, 4) is 0 Å². The van der Waals surface area contributed by atoms with Crippen LogP contribution in [-0.4, -0.2) is 38.3 Å². The van der Waals surface area contributed by atoms with E-state index in [9.17, 15) is 13.2 Å². The van der Waals surface area contributed by atoms with E-state index in [0.717, 1.165) is 26.6 Å². The second-order valence-corrected chi connectivity index (χ2v) is 9.16. The largest absolute Gasteiger partial charge is 0.465 e. The molecule has 0 radical (unpaired) electrons. The van der Waals surface area contributed by atoms with E-state index >= 15 is 0 Å². The maximum Gasteiger partial charge on any atom is 0.342 e. The number of esters is 1. The number of benzene rings is 2. The van der Waals surface area contributed by atoms with Crippen molar-refractivity contribution in [3.05, 3.63) is 76.5 Å². The van der Waals surface area contributed by atoms with E-state index < -0.39 is 16.0 Å². The molecule has 158 valence electrons. The summed E-state index contributed by atoms with van der Waals surface area (Å²) in [4.78, 5) is 12.3. The Labute approximate surface area is 177 Å². The first-order valence-electron chi connectivity index (χ1n) is 9.41. The fraction of sp³-hybridized carbons (Fsp3) is 0.273. The molecule has 0 atom stereocenters. The summed E-state index contributed by atoms with van der Waals surface area (Å²) in [5.74, 6) is -0.752. The topological polar surface area (TPSA) is 81.5 Å². The second-order valence-electron chi connectivity index (χ2n) is 7.28. The number of hydrogen-bond donors (Lipinski definition) is 0. The van der Waals surface area contributed by atoms with Gasteiger partial charge in [-0.25, -0.2) is 4.79 Å². The van der Waals surface area contributed by atoms with E-state index in [1.807, 2.05) is 51.1 Å². The molecule has 1 aromatic heterocycles. The third-order valence-corrected chi connectivity index (χ3v) is 6.69. The molecule has 0 bridgehead atoms. The maximum atomic E-state index is 13.3. The molecule has 7 nitrogen and oxygen atoms in total. The Bertz CT molecular complexity index is 1180. The summed E-state index contributed by atoms with van der Waals surface area (Å²) < 4.78 is 34.0. The molecule has 8 heteroatoms. The van der Waals surface area contributed by atoms with Crippen LogP contribution in [0.2, 0.25) is 0 Å². The minimum atomic E-state index is -4.08. The van der Waals surface area contributed by atoms with Crippen LogP contribution >= 0.6 is 0 Å². The van der Waals surface area contributed by atoms with Gasteiger partial charge in [0.05, 0.1) is 19.3 Å². The van der Waals surface area contributed by atoms with E-state index in [1.54, 1.807) is 12.1 Å². The predicted octanol–water partition coefficient (Wildman–Crippen LogP) is 3.47. The molecule has 1 heterocycles. The number of anilines is 1. The van der Waals surface area contributed by atoms with Gasteiger partial charge in [-0.3, -0.25) is 8.99 Å². The van der Waals surface area contributed by atoms with Crippen LogP contribution in [0, 0.1) is 20.8 Å². The smallest absolute Gasteiger partial charge is 0.342 e. The molecule has 0 saturated heterocycles. The third-order valence-electron chi connectivity index (χ3n) is 4.97. The zero-order valence-corrected chi connectivity index (χ0v) is 18.5.